The number of aryl methyl sites for hydroxylation is 1. The molecule has 0 unspecified atom stereocenters. The second-order valence-corrected chi connectivity index (χ2v) is 19.8. The zero-order valence-electron chi connectivity index (χ0n) is 42.5. The molecule has 16 nitrogen and oxygen atoms in total. The Kier molecular flexibility index (Phi) is 18.4. The quantitative estimate of drug-likeness (QED) is 0.0559. The minimum absolute atomic E-state index is 0.0310. The van der Waals surface area contributed by atoms with E-state index in [0.29, 0.717) is 58.3 Å². The fraction of sp³-hybridized carbons (Fsp3) is 0.481. The number of carbonyl (C=O) groups is 6. The van der Waals surface area contributed by atoms with E-state index in [1.165, 1.54) is 25.3 Å². The molecular formula is C54H70N6O10. The maximum absolute atomic E-state index is 14.8. The van der Waals surface area contributed by atoms with Crippen molar-refractivity contribution in [2.24, 2.45) is 17.6 Å². The molecule has 2 heterocycles. The molecule has 3 amide bonds. The van der Waals surface area contributed by atoms with Gasteiger partial charge in [-0.15, -0.1) is 0 Å². The molecule has 0 saturated carbocycles. The van der Waals surface area contributed by atoms with Crippen LogP contribution in [0.4, 0.5) is 4.79 Å². The fourth-order valence-electron chi connectivity index (χ4n) is 8.21. The third kappa shape index (κ3) is 14.2. The van der Waals surface area contributed by atoms with Crippen LogP contribution < -0.4 is 25.8 Å². The average Bonchev–Trinajstić information content (AvgIpc) is 3.30. The molecule has 376 valence electrons. The van der Waals surface area contributed by atoms with Crippen molar-refractivity contribution in [3.05, 3.63) is 94.8 Å². The van der Waals surface area contributed by atoms with Gasteiger partial charge in [-0.05, 0) is 93.5 Å². The Hall–Kier alpha value is -6.68. The summed E-state index contributed by atoms with van der Waals surface area (Å²) in [6, 6.07) is 16.1. The lowest BCUT2D eigenvalue weighted by atomic mass is 9.86. The van der Waals surface area contributed by atoms with Gasteiger partial charge in [-0.1, -0.05) is 71.0 Å². The zero-order chi connectivity index (χ0) is 51.5. The molecule has 0 spiro atoms. The van der Waals surface area contributed by atoms with Gasteiger partial charge in [0.15, 0.2) is 17.4 Å². The Morgan fingerprint density at radius 1 is 0.914 bits per heavy atom. The van der Waals surface area contributed by atoms with E-state index in [1.807, 2.05) is 31.2 Å². The monoisotopic (exact) mass is 963 g/mol. The number of nitrogens with two attached hydrogens (primary N) is 1. The van der Waals surface area contributed by atoms with Gasteiger partial charge in [0, 0.05) is 61.0 Å². The van der Waals surface area contributed by atoms with Crippen molar-refractivity contribution in [1.29, 1.82) is 0 Å². The van der Waals surface area contributed by atoms with Crippen LogP contribution in [0.5, 0.6) is 11.5 Å². The molecular weight excluding hydrogens is 893 g/mol. The minimum Gasteiger partial charge on any atom is -0.493 e. The maximum Gasteiger partial charge on any atom is 0.407 e. The number of fused-ring (bicyclic) bond motifs is 5. The number of hydrogen-bond acceptors (Lipinski definition) is 13. The predicted molar refractivity (Wildman–Crippen MR) is 266 cm³/mol. The highest BCUT2D eigenvalue weighted by atomic mass is 16.6. The van der Waals surface area contributed by atoms with Gasteiger partial charge in [0.25, 0.3) is 0 Å². The number of nitrogens with zero attached hydrogens (tertiary/aromatic N) is 3. The van der Waals surface area contributed by atoms with Crippen LogP contribution in [0.2, 0.25) is 0 Å². The van der Waals surface area contributed by atoms with E-state index < -0.39 is 59.2 Å². The lowest BCUT2D eigenvalue weighted by Crippen LogP contribution is -2.46. The first-order valence-electron chi connectivity index (χ1n) is 23.9. The van der Waals surface area contributed by atoms with Crippen molar-refractivity contribution >= 4 is 35.4 Å². The number of nitrogens with one attached hydrogen (secondary N) is 2. The molecule has 0 saturated heterocycles. The van der Waals surface area contributed by atoms with Crippen LogP contribution in [0.15, 0.2) is 66.9 Å². The molecule has 1 aliphatic heterocycles. The Morgan fingerprint density at radius 3 is 2.19 bits per heavy atom. The molecule has 1 aliphatic rings. The minimum atomic E-state index is -1.25. The van der Waals surface area contributed by atoms with Gasteiger partial charge < -0.3 is 40.2 Å². The summed E-state index contributed by atoms with van der Waals surface area (Å²) in [6.07, 6.45) is 1.19. The Morgan fingerprint density at radius 2 is 1.57 bits per heavy atom. The summed E-state index contributed by atoms with van der Waals surface area (Å²) in [7, 11) is 2.73. The number of ether oxygens (including phenoxy) is 4. The van der Waals surface area contributed by atoms with Crippen LogP contribution in [0.1, 0.15) is 120 Å². The lowest BCUT2D eigenvalue weighted by Gasteiger charge is -2.32. The first-order valence-corrected chi connectivity index (χ1v) is 23.9. The zero-order valence-corrected chi connectivity index (χ0v) is 42.5. The largest absolute Gasteiger partial charge is 0.493 e. The van der Waals surface area contributed by atoms with Gasteiger partial charge in [0.05, 0.1) is 31.5 Å². The van der Waals surface area contributed by atoms with Crippen molar-refractivity contribution < 1.29 is 47.7 Å². The second-order valence-electron chi connectivity index (χ2n) is 19.8. The number of alkyl carbamates (subject to hydrolysis) is 1. The molecule has 0 radical (unpaired) electrons. The van der Waals surface area contributed by atoms with Crippen molar-refractivity contribution in [2.75, 3.05) is 40.5 Å². The van der Waals surface area contributed by atoms with Gasteiger partial charge in [-0.2, -0.15) is 0 Å². The normalized spacial score (nSPS) is 16.8. The maximum atomic E-state index is 14.8. The molecule has 4 atom stereocenters. The highest BCUT2D eigenvalue weighted by Gasteiger charge is 2.36. The SMILES string of the molecule is CCCOc1ccc2cc1-c1cc(ccc1OCCNC(=O)OC(C)(C)C)C[C@@H](C(=O)OC)NC(=O)[C@H](C)CC(=O)[C@H]2N(C)C(=O)[C@H](CCN)CC(=O)c1cnc(-c2ccc(C(C)(C)C)cc2)nc1C. The molecule has 3 aromatic carbocycles. The first-order chi connectivity index (χ1) is 33.0. The van der Waals surface area contributed by atoms with Gasteiger partial charge >= 0.3 is 12.1 Å². The second kappa shape index (κ2) is 23.8. The topological polar surface area (TPSA) is 218 Å². The number of likely N-dealkylation sites (N-methyl/N-ethyl adjacent to an activating group) is 1. The van der Waals surface area contributed by atoms with Gasteiger partial charge in [-0.25, -0.2) is 19.6 Å². The molecule has 4 aromatic rings. The number of ketones is 2. The summed E-state index contributed by atoms with van der Waals surface area (Å²) in [6.45, 7) is 17.5. The van der Waals surface area contributed by atoms with E-state index in [0.717, 1.165) is 11.1 Å². The average molecular weight is 963 g/mol. The smallest absolute Gasteiger partial charge is 0.407 e. The molecule has 1 aromatic heterocycles. The molecule has 4 N–H and O–H groups in total. The Labute approximate surface area is 411 Å². The molecule has 70 heavy (non-hydrogen) atoms. The summed E-state index contributed by atoms with van der Waals surface area (Å²) >= 11 is 0. The van der Waals surface area contributed by atoms with Gasteiger partial charge in [0.2, 0.25) is 11.8 Å². The number of rotatable bonds is 16. The highest BCUT2D eigenvalue weighted by Crippen LogP contribution is 2.41. The summed E-state index contributed by atoms with van der Waals surface area (Å²) in [4.78, 5) is 93.6. The van der Waals surface area contributed by atoms with Gasteiger partial charge in [-0.3, -0.25) is 19.2 Å². The van der Waals surface area contributed by atoms with Crippen LogP contribution in [0.25, 0.3) is 22.5 Å². The van der Waals surface area contributed by atoms with Crippen LogP contribution in [0.3, 0.4) is 0 Å². The number of hydrogen-bond donors (Lipinski definition) is 3. The number of carbonyl (C=O) groups excluding carboxylic acids is 6. The van der Waals surface area contributed by atoms with E-state index in [4.69, 9.17) is 24.7 Å². The third-order valence-electron chi connectivity index (χ3n) is 12.0. The number of Topliss-reactive ketones (excluding diaryl/α,β-unsaturated/α-hetero) is 2. The summed E-state index contributed by atoms with van der Waals surface area (Å²) in [5.74, 6) is -3.15. The highest BCUT2D eigenvalue weighted by molar-refractivity contribution is 6.00. The number of esters is 1. The van der Waals surface area contributed by atoms with Crippen LogP contribution in [0, 0.1) is 18.8 Å². The summed E-state index contributed by atoms with van der Waals surface area (Å²) < 4.78 is 23.1. The number of amides is 3. The predicted octanol–water partition coefficient (Wildman–Crippen LogP) is 7.66. The molecule has 0 aliphatic carbocycles. The van der Waals surface area contributed by atoms with E-state index in [1.54, 1.807) is 71.0 Å². The number of aromatic nitrogens is 2. The standard InChI is InChI=1S/C54H70N6O10/c1-12-24-68-46-20-16-36-29-40(46)39-27-34(13-19-45(39)69-25-23-56-52(66)70-54(7,8)9)28-42(51(65)67-11)59-49(63)32(2)26-44(62)47(36)60(10)50(64)37(21-22-55)30-43(61)41-31-57-48(58-33(41)3)35-14-17-38(18-15-35)53(4,5)6/h13-20,27,29,31-32,37,42,47H,12,21-26,28,30,55H2,1-11H3,(H,56,66)(H,59,63)/t32-,37-,42+,47+/m1/s1. The molecule has 0 fully saturated rings. The van der Waals surface area contributed by atoms with E-state index in [2.05, 4.69) is 41.4 Å². The molecule has 4 bridgehead atoms. The van der Waals surface area contributed by atoms with Crippen molar-refractivity contribution in [2.45, 2.75) is 118 Å². The van der Waals surface area contributed by atoms with Crippen LogP contribution in [-0.2, 0) is 40.5 Å². The van der Waals surface area contributed by atoms with E-state index in [-0.39, 0.29) is 62.1 Å². The summed E-state index contributed by atoms with van der Waals surface area (Å²) in [5, 5.41) is 5.47. The van der Waals surface area contributed by atoms with Gasteiger partial charge in [0.1, 0.15) is 35.8 Å². The fourth-order valence-corrected chi connectivity index (χ4v) is 8.21. The third-order valence-corrected chi connectivity index (χ3v) is 12.0. The van der Waals surface area contributed by atoms with Crippen LogP contribution in [-0.4, -0.2) is 102 Å². The Bertz CT molecular complexity index is 2530. The van der Waals surface area contributed by atoms with E-state index >= 15 is 0 Å². The van der Waals surface area contributed by atoms with Crippen LogP contribution >= 0.6 is 0 Å². The molecule has 5 rings (SSSR count). The lowest BCUT2D eigenvalue weighted by molar-refractivity contribution is -0.146. The Balaban J connectivity index is 1.55. The first kappa shape index (κ1) is 54.3. The number of methoxy groups -OCH3 is 1. The van der Waals surface area contributed by atoms with Crippen molar-refractivity contribution in [1.82, 2.24) is 25.5 Å². The van der Waals surface area contributed by atoms with Crippen molar-refractivity contribution in [3.63, 3.8) is 0 Å². The summed E-state index contributed by atoms with van der Waals surface area (Å²) in [5.41, 5.74) is 10.1. The number of benzene rings is 3. The van der Waals surface area contributed by atoms with Crippen molar-refractivity contribution in [3.8, 4) is 34.0 Å². The van der Waals surface area contributed by atoms with E-state index in [9.17, 15) is 28.8 Å². The molecule has 16 heteroatoms.